The number of ether oxygens (including phenoxy) is 1. The molecular weight excluding hydrogens is 335 g/mol. The average Bonchev–Trinajstić information content (AvgIpc) is 2.56. The maximum Gasteiger partial charge on any atom is 0.313 e. The topological polar surface area (TPSA) is 60.7 Å². The largest absolute Gasteiger partial charge is 0.407 e. The molecule has 0 saturated heterocycles. The second-order valence-corrected chi connectivity index (χ2v) is 5.88. The summed E-state index contributed by atoms with van der Waals surface area (Å²) in [7, 11) is 0. The van der Waals surface area contributed by atoms with Gasteiger partial charge in [0.1, 0.15) is 11.5 Å². The molecule has 0 radical (unpaired) electrons. The molecule has 2 aromatic heterocycles. The van der Waals surface area contributed by atoms with Crippen molar-refractivity contribution in [3.63, 3.8) is 0 Å². The maximum absolute atomic E-state index is 13.4. The van der Waals surface area contributed by atoms with Crippen molar-refractivity contribution in [2.24, 2.45) is 0 Å². The first kappa shape index (κ1) is 14.8. The molecule has 1 atom stereocenters. The lowest BCUT2D eigenvalue weighted by atomic mass is 9.88. The van der Waals surface area contributed by atoms with Crippen molar-refractivity contribution in [1.82, 2.24) is 9.38 Å². The Morgan fingerprint density at radius 3 is 2.88 bits per heavy atom. The van der Waals surface area contributed by atoms with Crippen LogP contribution in [0.3, 0.4) is 0 Å². The van der Waals surface area contributed by atoms with Crippen LogP contribution in [0.2, 0.25) is 5.02 Å². The summed E-state index contributed by atoms with van der Waals surface area (Å²) >= 11 is 5.84. The van der Waals surface area contributed by atoms with Crippen molar-refractivity contribution in [3.05, 3.63) is 74.9 Å². The summed E-state index contributed by atoms with van der Waals surface area (Å²) in [5, 5.41) is -0.0677. The summed E-state index contributed by atoms with van der Waals surface area (Å²) < 4.78 is 20.0. The zero-order valence-corrected chi connectivity index (χ0v) is 13.0. The quantitative estimate of drug-likeness (QED) is 0.637. The van der Waals surface area contributed by atoms with Gasteiger partial charge in [0.15, 0.2) is 0 Å². The van der Waals surface area contributed by atoms with Crippen LogP contribution in [0.25, 0.3) is 5.65 Å². The number of halogens is 2. The minimum atomic E-state index is -0.587. The van der Waals surface area contributed by atoms with Crippen LogP contribution in [0.15, 0.2) is 47.4 Å². The smallest absolute Gasteiger partial charge is 0.313 e. The van der Waals surface area contributed by atoms with Gasteiger partial charge in [0, 0.05) is 12.1 Å². The van der Waals surface area contributed by atoms with Gasteiger partial charge in [0.25, 0.3) is 5.56 Å². The predicted octanol–water partition coefficient (Wildman–Crippen LogP) is 2.93. The van der Waals surface area contributed by atoms with E-state index in [1.54, 1.807) is 24.4 Å². The predicted molar refractivity (Wildman–Crippen MR) is 85.0 cm³/mol. The molecule has 0 saturated carbocycles. The van der Waals surface area contributed by atoms with Gasteiger partial charge in [-0.2, -0.15) is 4.98 Å². The molecule has 4 rings (SSSR count). The second kappa shape index (κ2) is 5.42. The molecule has 1 aliphatic rings. The number of esters is 1. The van der Waals surface area contributed by atoms with Crippen LogP contribution in [0.1, 0.15) is 23.5 Å². The Labute approximate surface area is 140 Å². The van der Waals surface area contributed by atoms with Crippen LogP contribution < -0.4 is 10.3 Å². The number of aromatic nitrogens is 2. The van der Waals surface area contributed by atoms with Gasteiger partial charge in [-0.3, -0.25) is 14.0 Å². The fraction of sp³-hybridized carbons (Fsp3) is 0.118. The lowest BCUT2D eigenvalue weighted by molar-refractivity contribution is -0.135. The van der Waals surface area contributed by atoms with Crippen LogP contribution in [-0.4, -0.2) is 15.4 Å². The number of carbonyl (C=O) groups is 1. The minimum absolute atomic E-state index is 0.00658. The molecular formula is C17H10ClFN2O3. The first-order valence-corrected chi connectivity index (χ1v) is 7.59. The van der Waals surface area contributed by atoms with Crippen LogP contribution >= 0.6 is 11.6 Å². The Kier molecular flexibility index (Phi) is 3.35. The SMILES string of the molecule is O=C1C[C@H](c2ccc(F)c(Cl)c2)c2c(nc3ccccn3c2=O)O1. The summed E-state index contributed by atoms with van der Waals surface area (Å²) in [5.74, 6) is -1.66. The van der Waals surface area contributed by atoms with Gasteiger partial charge in [0.05, 0.1) is 17.0 Å². The first-order valence-electron chi connectivity index (χ1n) is 7.21. The lowest BCUT2D eigenvalue weighted by Crippen LogP contribution is -2.31. The maximum atomic E-state index is 13.4. The highest BCUT2D eigenvalue weighted by Gasteiger charge is 2.33. The third-order valence-corrected chi connectivity index (χ3v) is 4.30. The van der Waals surface area contributed by atoms with E-state index < -0.39 is 17.7 Å². The number of hydrogen-bond acceptors (Lipinski definition) is 4. The van der Waals surface area contributed by atoms with Crippen molar-refractivity contribution in [3.8, 4) is 5.88 Å². The summed E-state index contributed by atoms with van der Waals surface area (Å²) in [5.41, 5.74) is 0.885. The molecule has 0 fully saturated rings. The normalized spacial score (nSPS) is 16.8. The number of hydrogen-bond donors (Lipinski definition) is 0. The number of nitrogens with zero attached hydrogens (tertiary/aromatic N) is 2. The molecule has 0 spiro atoms. The highest BCUT2D eigenvalue weighted by atomic mass is 35.5. The average molecular weight is 345 g/mol. The Bertz CT molecular complexity index is 1050. The van der Waals surface area contributed by atoms with Crippen LogP contribution in [0.5, 0.6) is 5.88 Å². The van der Waals surface area contributed by atoms with E-state index >= 15 is 0 Å². The monoisotopic (exact) mass is 344 g/mol. The zero-order valence-electron chi connectivity index (χ0n) is 12.2. The summed E-state index contributed by atoms with van der Waals surface area (Å²) in [6, 6.07) is 9.23. The molecule has 120 valence electrons. The molecule has 5 nitrogen and oxygen atoms in total. The van der Waals surface area contributed by atoms with E-state index in [9.17, 15) is 14.0 Å². The van der Waals surface area contributed by atoms with E-state index in [4.69, 9.17) is 16.3 Å². The molecule has 0 unspecified atom stereocenters. The number of pyridine rings is 1. The van der Waals surface area contributed by atoms with Gasteiger partial charge in [0.2, 0.25) is 5.88 Å². The van der Waals surface area contributed by atoms with Crippen molar-refractivity contribution in [2.45, 2.75) is 12.3 Å². The van der Waals surface area contributed by atoms with E-state index in [2.05, 4.69) is 4.98 Å². The Balaban J connectivity index is 1.99. The Hall–Kier alpha value is -2.73. The Morgan fingerprint density at radius 1 is 1.25 bits per heavy atom. The molecule has 3 heterocycles. The van der Waals surface area contributed by atoms with Gasteiger partial charge in [-0.25, -0.2) is 4.39 Å². The molecule has 0 bridgehead atoms. The van der Waals surface area contributed by atoms with Crippen LogP contribution in [0.4, 0.5) is 4.39 Å². The molecule has 0 aliphatic carbocycles. The molecule has 1 aliphatic heterocycles. The summed E-state index contributed by atoms with van der Waals surface area (Å²) in [4.78, 5) is 29.0. The van der Waals surface area contributed by atoms with Gasteiger partial charge >= 0.3 is 5.97 Å². The number of fused-ring (bicyclic) bond motifs is 2. The molecule has 0 N–H and O–H groups in total. The van der Waals surface area contributed by atoms with Crippen molar-refractivity contribution >= 4 is 23.2 Å². The second-order valence-electron chi connectivity index (χ2n) is 5.47. The number of benzene rings is 1. The highest BCUT2D eigenvalue weighted by molar-refractivity contribution is 6.30. The van der Waals surface area contributed by atoms with E-state index in [1.165, 1.54) is 22.6 Å². The Morgan fingerprint density at radius 2 is 2.08 bits per heavy atom. The summed E-state index contributed by atoms with van der Waals surface area (Å²) in [6.07, 6.45) is 1.56. The number of carbonyl (C=O) groups excluding carboxylic acids is 1. The molecule has 1 aromatic carbocycles. The first-order chi connectivity index (χ1) is 11.5. The third kappa shape index (κ3) is 2.27. The minimum Gasteiger partial charge on any atom is -0.407 e. The van der Waals surface area contributed by atoms with E-state index in [0.717, 1.165) is 0 Å². The highest BCUT2D eigenvalue weighted by Crippen LogP contribution is 2.36. The standard InChI is InChI=1S/C17H10ClFN2O3/c18-11-7-9(4-5-12(11)19)10-8-14(22)24-16-15(10)17(23)21-6-2-1-3-13(21)20-16/h1-7,10H,8H2/t10-/m1/s1. The van der Waals surface area contributed by atoms with Crippen LogP contribution in [0, 0.1) is 5.82 Å². The number of rotatable bonds is 1. The zero-order chi connectivity index (χ0) is 16.8. The summed E-state index contributed by atoms with van der Waals surface area (Å²) in [6.45, 7) is 0. The fourth-order valence-corrected chi connectivity index (χ4v) is 3.08. The van der Waals surface area contributed by atoms with Gasteiger partial charge in [-0.15, -0.1) is 0 Å². The molecule has 7 heteroatoms. The fourth-order valence-electron chi connectivity index (χ4n) is 2.89. The lowest BCUT2D eigenvalue weighted by Gasteiger charge is -2.23. The van der Waals surface area contributed by atoms with Gasteiger partial charge in [-0.05, 0) is 29.8 Å². The molecule has 3 aromatic rings. The van der Waals surface area contributed by atoms with E-state index in [0.29, 0.717) is 11.2 Å². The van der Waals surface area contributed by atoms with Gasteiger partial charge < -0.3 is 4.74 Å². The van der Waals surface area contributed by atoms with E-state index in [1.807, 2.05) is 0 Å². The van der Waals surface area contributed by atoms with Crippen molar-refractivity contribution in [2.75, 3.05) is 0 Å². The molecule has 24 heavy (non-hydrogen) atoms. The van der Waals surface area contributed by atoms with Crippen molar-refractivity contribution in [1.29, 1.82) is 0 Å². The third-order valence-electron chi connectivity index (χ3n) is 4.01. The van der Waals surface area contributed by atoms with E-state index in [-0.39, 0.29) is 28.4 Å². The van der Waals surface area contributed by atoms with Gasteiger partial charge in [-0.1, -0.05) is 23.7 Å². The molecule has 0 amide bonds. The van der Waals surface area contributed by atoms with Crippen molar-refractivity contribution < 1.29 is 13.9 Å². The van der Waals surface area contributed by atoms with Crippen LogP contribution in [-0.2, 0) is 4.79 Å².